The van der Waals surface area contributed by atoms with Crippen LogP contribution in [0.15, 0.2) is 52.3 Å². The van der Waals surface area contributed by atoms with Gasteiger partial charge in [0.05, 0.1) is 18.4 Å². The summed E-state index contributed by atoms with van der Waals surface area (Å²) in [5, 5.41) is 0. The molecule has 0 bridgehead atoms. The summed E-state index contributed by atoms with van der Waals surface area (Å²) >= 11 is 0. The number of rotatable bonds is 6. The molecule has 0 fully saturated rings. The fourth-order valence-corrected chi connectivity index (χ4v) is 3.65. The van der Waals surface area contributed by atoms with Crippen molar-refractivity contribution in [1.82, 2.24) is 14.1 Å². The van der Waals surface area contributed by atoms with Crippen LogP contribution in [0.3, 0.4) is 0 Å². The number of aryl methyl sites for hydroxylation is 1. The zero-order valence-corrected chi connectivity index (χ0v) is 16.8. The van der Waals surface area contributed by atoms with Gasteiger partial charge in [-0.05, 0) is 43.8 Å². The normalized spacial score (nSPS) is 11.4. The minimum absolute atomic E-state index is 0.0216. The number of fused-ring (bicyclic) bond motifs is 1. The first-order valence-corrected chi connectivity index (χ1v) is 10.0. The second kappa shape index (κ2) is 8.02. The van der Waals surface area contributed by atoms with Crippen molar-refractivity contribution in [2.45, 2.75) is 18.4 Å². The molecule has 0 spiro atoms. The number of esters is 1. The lowest BCUT2D eigenvalue weighted by Crippen LogP contribution is -2.20. The van der Waals surface area contributed by atoms with E-state index in [1.54, 1.807) is 12.3 Å². The number of hydrogen-bond acceptors (Lipinski definition) is 7. The molecule has 2 aromatic heterocycles. The molecule has 0 unspecified atom stereocenters. The number of carbonyl (C=O) groups excluding carboxylic acids is 1. The quantitative estimate of drug-likeness (QED) is 0.601. The van der Waals surface area contributed by atoms with E-state index in [2.05, 4.69) is 9.71 Å². The highest BCUT2D eigenvalue weighted by atomic mass is 32.2. The summed E-state index contributed by atoms with van der Waals surface area (Å²) in [6, 6.07) is 8.77. The van der Waals surface area contributed by atoms with Crippen LogP contribution in [0.5, 0.6) is 5.75 Å². The number of hydrogen-bond donors (Lipinski definition) is 1. The first-order valence-electron chi connectivity index (χ1n) is 8.53. The molecule has 10 heteroatoms. The van der Waals surface area contributed by atoms with Gasteiger partial charge in [0.2, 0.25) is 10.0 Å². The Balaban J connectivity index is 1.86. The molecule has 3 aromatic rings. The number of ether oxygens (including phenoxy) is 2. The zero-order valence-electron chi connectivity index (χ0n) is 16.0. The Morgan fingerprint density at radius 1 is 1.24 bits per heavy atom. The summed E-state index contributed by atoms with van der Waals surface area (Å²) < 4.78 is 38.1. The van der Waals surface area contributed by atoms with Gasteiger partial charge in [-0.25, -0.2) is 22.9 Å². The average Bonchev–Trinajstić information content (AvgIpc) is 2.72. The van der Waals surface area contributed by atoms with Crippen LogP contribution >= 0.6 is 0 Å². The molecule has 0 amide bonds. The zero-order chi connectivity index (χ0) is 21.2. The van der Waals surface area contributed by atoms with Crippen LogP contribution in [0.25, 0.3) is 5.65 Å². The Hall–Kier alpha value is -3.24. The first-order chi connectivity index (χ1) is 13.8. The Bertz CT molecular complexity index is 1250. The average molecular weight is 417 g/mol. The second-order valence-corrected chi connectivity index (χ2v) is 7.97. The van der Waals surface area contributed by atoms with Gasteiger partial charge in [0, 0.05) is 12.3 Å². The van der Waals surface area contributed by atoms with E-state index in [1.807, 2.05) is 13.0 Å². The van der Waals surface area contributed by atoms with Gasteiger partial charge >= 0.3 is 5.97 Å². The van der Waals surface area contributed by atoms with Gasteiger partial charge in [-0.1, -0.05) is 6.07 Å². The molecule has 152 valence electrons. The number of pyridine rings is 1. The van der Waals surface area contributed by atoms with Crippen LogP contribution in [0, 0.1) is 6.92 Å². The standard InChI is InChI=1S/C19H19N3O6S/c1-12-5-4-8-22-17(23)10-14(21-18(12)22)11-28-19(24)13-6-7-15(27-3)16(9-13)29(25,26)20-2/h4-10,20H,11H2,1-3H3. The lowest BCUT2D eigenvalue weighted by Gasteiger charge is -2.11. The van der Waals surface area contributed by atoms with Crippen molar-refractivity contribution in [2.75, 3.05) is 14.2 Å². The number of methoxy groups -OCH3 is 1. The minimum atomic E-state index is -3.84. The summed E-state index contributed by atoms with van der Waals surface area (Å²) in [7, 11) is -1.26. The predicted octanol–water partition coefficient (Wildman–Crippen LogP) is 1.28. The molecule has 29 heavy (non-hydrogen) atoms. The third kappa shape index (κ3) is 4.13. The second-order valence-electron chi connectivity index (χ2n) is 6.12. The fraction of sp³-hybridized carbons (Fsp3) is 0.211. The van der Waals surface area contributed by atoms with Gasteiger partial charge in [0.25, 0.3) is 5.56 Å². The van der Waals surface area contributed by atoms with Crippen LogP contribution in [0.1, 0.15) is 21.6 Å². The molecule has 1 N–H and O–H groups in total. The summed E-state index contributed by atoms with van der Waals surface area (Å²) in [4.78, 5) is 28.8. The number of nitrogens with zero attached hydrogens (tertiary/aromatic N) is 2. The van der Waals surface area contributed by atoms with Crippen LogP contribution in [-0.2, 0) is 21.4 Å². The van der Waals surface area contributed by atoms with Crippen molar-refractivity contribution >= 4 is 21.6 Å². The molecule has 1 aromatic carbocycles. The fourth-order valence-electron chi connectivity index (χ4n) is 2.73. The van der Waals surface area contributed by atoms with Gasteiger partial charge in [0.15, 0.2) is 0 Å². The Morgan fingerprint density at radius 2 is 2.00 bits per heavy atom. The minimum Gasteiger partial charge on any atom is -0.495 e. The maximum Gasteiger partial charge on any atom is 0.338 e. The molecule has 3 rings (SSSR count). The van der Waals surface area contributed by atoms with Gasteiger partial charge in [-0.3, -0.25) is 9.20 Å². The van der Waals surface area contributed by atoms with E-state index >= 15 is 0 Å². The van der Waals surface area contributed by atoms with E-state index in [0.717, 1.165) is 5.56 Å². The first kappa shape index (κ1) is 20.5. The summed E-state index contributed by atoms with van der Waals surface area (Å²) in [5.74, 6) is -0.664. The smallest absolute Gasteiger partial charge is 0.338 e. The number of nitrogens with one attached hydrogen (secondary N) is 1. The molecule has 0 aliphatic carbocycles. The van der Waals surface area contributed by atoms with E-state index in [0.29, 0.717) is 5.65 Å². The summed E-state index contributed by atoms with van der Waals surface area (Å²) in [6.45, 7) is 1.58. The van der Waals surface area contributed by atoms with Gasteiger partial charge in [0.1, 0.15) is 22.9 Å². The van der Waals surface area contributed by atoms with Crippen molar-refractivity contribution in [3.63, 3.8) is 0 Å². The largest absolute Gasteiger partial charge is 0.495 e. The highest BCUT2D eigenvalue weighted by Gasteiger charge is 2.21. The molecular weight excluding hydrogens is 398 g/mol. The molecule has 2 heterocycles. The maximum absolute atomic E-state index is 12.4. The summed E-state index contributed by atoms with van der Waals surface area (Å²) in [5.41, 5.74) is 1.28. The molecule has 0 aliphatic rings. The van der Waals surface area contributed by atoms with Crippen LogP contribution in [0.4, 0.5) is 0 Å². The number of sulfonamides is 1. The number of aromatic nitrogens is 2. The third-order valence-corrected chi connectivity index (χ3v) is 5.68. The monoisotopic (exact) mass is 417 g/mol. The molecule has 0 saturated carbocycles. The SMILES string of the molecule is CNS(=O)(=O)c1cc(C(=O)OCc2cc(=O)n3cccc(C)c3n2)ccc1OC. The number of benzene rings is 1. The van der Waals surface area contributed by atoms with Gasteiger partial charge < -0.3 is 9.47 Å². The highest BCUT2D eigenvalue weighted by Crippen LogP contribution is 2.25. The third-order valence-electron chi connectivity index (χ3n) is 4.25. The van der Waals surface area contributed by atoms with Gasteiger partial charge in [-0.2, -0.15) is 0 Å². The van der Waals surface area contributed by atoms with E-state index < -0.39 is 16.0 Å². The lowest BCUT2D eigenvalue weighted by molar-refractivity contribution is 0.0467. The van der Waals surface area contributed by atoms with E-state index in [-0.39, 0.29) is 34.1 Å². The van der Waals surface area contributed by atoms with Crippen molar-refractivity contribution in [1.29, 1.82) is 0 Å². The van der Waals surface area contributed by atoms with E-state index in [4.69, 9.17) is 9.47 Å². The molecule has 9 nitrogen and oxygen atoms in total. The van der Waals surface area contributed by atoms with Crippen molar-refractivity contribution in [3.05, 3.63) is 69.8 Å². The van der Waals surface area contributed by atoms with Gasteiger partial charge in [-0.15, -0.1) is 0 Å². The van der Waals surface area contributed by atoms with Crippen molar-refractivity contribution < 1.29 is 22.7 Å². The Morgan fingerprint density at radius 3 is 2.69 bits per heavy atom. The van der Waals surface area contributed by atoms with Crippen LogP contribution in [0.2, 0.25) is 0 Å². The Kier molecular flexibility index (Phi) is 5.66. The van der Waals surface area contributed by atoms with Crippen molar-refractivity contribution in [2.24, 2.45) is 0 Å². The van der Waals surface area contributed by atoms with E-state index in [1.165, 1.54) is 42.8 Å². The van der Waals surface area contributed by atoms with Crippen LogP contribution in [-0.4, -0.2) is 37.9 Å². The maximum atomic E-state index is 12.4. The van der Waals surface area contributed by atoms with Crippen molar-refractivity contribution in [3.8, 4) is 5.75 Å². The molecular formula is C19H19N3O6S. The molecule has 0 aliphatic heterocycles. The van der Waals surface area contributed by atoms with E-state index in [9.17, 15) is 18.0 Å². The highest BCUT2D eigenvalue weighted by molar-refractivity contribution is 7.89. The lowest BCUT2D eigenvalue weighted by atomic mass is 10.2. The Labute approximate surface area is 167 Å². The molecule has 0 atom stereocenters. The predicted molar refractivity (Wildman–Crippen MR) is 105 cm³/mol. The molecule has 0 saturated heterocycles. The van der Waals surface area contributed by atoms with Crippen LogP contribution < -0.4 is 15.0 Å². The summed E-state index contributed by atoms with van der Waals surface area (Å²) in [6.07, 6.45) is 1.61. The topological polar surface area (TPSA) is 116 Å². The molecule has 0 radical (unpaired) electrons. The number of carbonyl (C=O) groups is 1.